The average molecular weight is 275 g/mol. The molecule has 2 aromatic rings. The second-order valence-corrected chi connectivity index (χ2v) is 3.96. The van der Waals surface area contributed by atoms with Crippen molar-refractivity contribution in [2.75, 3.05) is 0 Å². The molecule has 0 spiro atoms. The van der Waals surface area contributed by atoms with Crippen LogP contribution in [-0.2, 0) is 6.54 Å². The molecule has 0 aliphatic carbocycles. The van der Waals surface area contributed by atoms with Crippen molar-refractivity contribution < 1.29 is 14.1 Å². The minimum atomic E-state index is -0.700. The van der Waals surface area contributed by atoms with Crippen LogP contribution in [0.25, 0.3) is 0 Å². The standard InChI is InChI=1S/C13H10FN3O3/c14-12-8-15-6-5-11(12)13(18)16-7-9-1-3-10(4-2-9)17(19)20/h1-6,8H,7H2,(H,16,18). The number of nitrogens with zero attached hydrogens (tertiary/aromatic N) is 2. The van der Waals surface area contributed by atoms with Crippen LogP contribution in [0.3, 0.4) is 0 Å². The van der Waals surface area contributed by atoms with Gasteiger partial charge < -0.3 is 5.32 Å². The number of halogens is 1. The highest BCUT2D eigenvalue weighted by atomic mass is 19.1. The van der Waals surface area contributed by atoms with Crippen LogP contribution in [0.15, 0.2) is 42.7 Å². The Morgan fingerprint density at radius 3 is 2.60 bits per heavy atom. The second-order valence-electron chi connectivity index (χ2n) is 3.96. The van der Waals surface area contributed by atoms with E-state index in [4.69, 9.17) is 0 Å². The maximum absolute atomic E-state index is 13.3. The van der Waals surface area contributed by atoms with Gasteiger partial charge in [0.2, 0.25) is 0 Å². The molecular weight excluding hydrogens is 265 g/mol. The van der Waals surface area contributed by atoms with E-state index in [2.05, 4.69) is 10.3 Å². The molecule has 0 unspecified atom stereocenters. The molecule has 2 rings (SSSR count). The molecule has 1 heterocycles. The van der Waals surface area contributed by atoms with E-state index >= 15 is 0 Å². The SMILES string of the molecule is O=C(NCc1ccc([N+](=O)[O-])cc1)c1ccncc1F. The summed E-state index contributed by atoms with van der Waals surface area (Å²) in [5.74, 6) is -1.27. The number of nitro groups is 1. The van der Waals surface area contributed by atoms with Gasteiger partial charge >= 0.3 is 0 Å². The molecule has 0 aliphatic heterocycles. The summed E-state index contributed by atoms with van der Waals surface area (Å²) in [5, 5.41) is 13.0. The van der Waals surface area contributed by atoms with Crippen LogP contribution in [0.5, 0.6) is 0 Å². The van der Waals surface area contributed by atoms with Crippen molar-refractivity contribution in [3.05, 3.63) is 69.8 Å². The summed E-state index contributed by atoms with van der Waals surface area (Å²) in [5.41, 5.74) is 0.556. The van der Waals surface area contributed by atoms with Crippen LogP contribution < -0.4 is 5.32 Å². The minimum Gasteiger partial charge on any atom is -0.348 e. The number of hydrogen-bond acceptors (Lipinski definition) is 4. The Bertz CT molecular complexity index is 644. The van der Waals surface area contributed by atoms with Crippen molar-refractivity contribution in [2.45, 2.75) is 6.54 Å². The number of amides is 1. The summed E-state index contributed by atoms with van der Waals surface area (Å²) in [7, 11) is 0. The van der Waals surface area contributed by atoms with Gasteiger partial charge in [0.1, 0.15) is 0 Å². The summed E-state index contributed by atoms with van der Waals surface area (Å²) in [6.45, 7) is 0.151. The van der Waals surface area contributed by atoms with Gasteiger partial charge in [-0.2, -0.15) is 0 Å². The Hall–Kier alpha value is -2.83. The zero-order chi connectivity index (χ0) is 14.5. The lowest BCUT2D eigenvalue weighted by molar-refractivity contribution is -0.384. The number of hydrogen-bond donors (Lipinski definition) is 1. The zero-order valence-corrected chi connectivity index (χ0v) is 10.2. The van der Waals surface area contributed by atoms with Gasteiger partial charge in [-0.3, -0.25) is 19.9 Å². The molecule has 1 amide bonds. The lowest BCUT2D eigenvalue weighted by Gasteiger charge is -2.05. The van der Waals surface area contributed by atoms with Crippen molar-refractivity contribution in [2.24, 2.45) is 0 Å². The van der Waals surface area contributed by atoms with Crippen LogP contribution in [-0.4, -0.2) is 15.8 Å². The van der Waals surface area contributed by atoms with E-state index in [1.54, 1.807) is 0 Å². The first-order valence-electron chi connectivity index (χ1n) is 5.69. The highest BCUT2D eigenvalue weighted by Gasteiger charge is 2.11. The first kappa shape index (κ1) is 13.6. The van der Waals surface area contributed by atoms with Gasteiger partial charge in [0.05, 0.1) is 16.7 Å². The van der Waals surface area contributed by atoms with Gasteiger partial charge in [-0.25, -0.2) is 4.39 Å². The summed E-state index contributed by atoms with van der Waals surface area (Å²) < 4.78 is 13.3. The van der Waals surface area contributed by atoms with Crippen LogP contribution in [0, 0.1) is 15.9 Å². The van der Waals surface area contributed by atoms with E-state index in [1.165, 1.54) is 36.5 Å². The minimum absolute atomic E-state index is 0.0275. The number of nitrogens with one attached hydrogen (secondary N) is 1. The van der Waals surface area contributed by atoms with E-state index in [9.17, 15) is 19.3 Å². The summed E-state index contributed by atoms with van der Waals surface area (Å²) in [6.07, 6.45) is 2.28. The average Bonchev–Trinajstić information content (AvgIpc) is 2.45. The molecule has 1 aromatic heterocycles. The monoisotopic (exact) mass is 275 g/mol. The number of benzene rings is 1. The fraction of sp³-hybridized carbons (Fsp3) is 0.0769. The van der Waals surface area contributed by atoms with E-state index in [1.807, 2.05) is 0 Å². The van der Waals surface area contributed by atoms with E-state index in [-0.39, 0.29) is 17.8 Å². The molecule has 0 bridgehead atoms. The van der Waals surface area contributed by atoms with E-state index < -0.39 is 16.6 Å². The molecule has 0 fully saturated rings. The van der Waals surface area contributed by atoms with Gasteiger partial charge in [-0.1, -0.05) is 12.1 Å². The highest BCUT2D eigenvalue weighted by molar-refractivity contribution is 5.94. The van der Waals surface area contributed by atoms with Crippen molar-refractivity contribution in [1.82, 2.24) is 10.3 Å². The summed E-state index contributed by atoms with van der Waals surface area (Å²) in [6, 6.07) is 7.02. The van der Waals surface area contributed by atoms with Gasteiger partial charge in [0, 0.05) is 24.9 Å². The highest BCUT2D eigenvalue weighted by Crippen LogP contribution is 2.12. The van der Waals surface area contributed by atoms with Crippen molar-refractivity contribution in [1.29, 1.82) is 0 Å². The van der Waals surface area contributed by atoms with Crippen molar-refractivity contribution in [3.63, 3.8) is 0 Å². The molecule has 0 aliphatic rings. The Morgan fingerprint density at radius 1 is 1.30 bits per heavy atom. The molecule has 0 radical (unpaired) electrons. The molecule has 0 atom stereocenters. The predicted octanol–water partition coefficient (Wildman–Crippen LogP) is 2.06. The Labute approximate surface area is 113 Å². The van der Waals surface area contributed by atoms with Gasteiger partial charge in [-0.15, -0.1) is 0 Å². The molecule has 1 aromatic carbocycles. The quantitative estimate of drug-likeness (QED) is 0.683. The maximum atomic E-state index is 13.3. The van der Waals surface area contributed by atoms with Crippen molar-refractivity contribution >= 4 is 11.6 Å². The molecule has 0 saturated carbocycles. The molecule has 20 heavy (non-hydrogen) atoms. The number of carbonyl (C=O) groups excluding carboxylic acids is 1. The molecule has 1 N–H and O–H groups in total. The lowest BCUT2D eigenvalue weighted by Crippen LogP contribution is -2.23. The van der Waals surface area contributed by atoms with Gasteiger partial charge in [0.25, 0.3) is 11.6 Å². The summed E-state index contributed by atoms with van der Waals surface area (Å²) in [4.78, 5) is 25.3. The van der Waals surface area contributed by atoms with Crippen molar-refractivity contribution in [3.8, 4) is 0 Å². The fourth-order valence-electron chi connectivity index (χ4n) is 1.57. The van der Waals surface area contributed by atoms with Crippen LogP contribution in [0.4, 0.5) is 10.1 Å². The molecule has 6 nitrogen and oxygen atoms in total. The normalized spacial score (nSPS) is 10.1. The molecule has 7 heteroatoms. The zero-order valence-electron chi connectivity index (χ0n) is 10.2. The third kappa shape index (κ3) is 3.14. The molecule has 102 valence electrons. The second kappa shape index (κ2) is 5.87. The number of nitro benzene ring substituents is 1. The molecule has 0 saturated heterocycles. The number of pyridine rings is 1. The maximum Gasteiger partial charge on any atom is 0.269 e. The van der Waals surface area contributed by atoms with Crippen LogP contribution in [0.1, 0.15) is 15.9 Å². The first-order valence-corrected chi connectivity index (χ1v) is 5.69. The third-order valence-electron chi connectivity index (χ3n) is 2.62. The fourth-order valence-corrected chi connectivity index (χ4v) is 1.57. The number of rotatable bonds is 4. The Morgan fingerprint density at radius 2 is 2.00 bits per heavy atom. The largest absolute Gasteiger partial charge is 0.348 e. The Balaban J connectivity index is 2.00. The predicted molar refractivity (Wildman–Crippen MR) is 68.5 cm³/mol. The topological polar surface area (TPSA) is 85.1 Å². The number of carbonyl (C=O) groups is 1. The first-order chi connectivity index (χ1) is 9.58. The van der Waals surface area contributed by atoms with Crippen LogP contribution >= 0.6 is 0 Å². The van der Waals surface area contributed by atoms with E-state index in [0.29, 0.717) is 5.56 Å². The number of non-ortho nitro benzene ring substituents is 1. The van der Waals surface area contributed by atoms with Gasteiger partial charge in [0.15, 0.2) is 5.82 Å². The number of aromatic nitrogens is 1. The molecular formula is C13H10FN3O3. The Kier molecular flexibility index (Phi) is 3.99. The third-order valence-corrected chi connectivity index (χ3v) is 2.62. The smallest absolute Gasteiger partial charge is 0.269 e. The van der Waals surface area contributed by atoms with Gasteiger partial charge in [-0.05, 0) is 11.6 Å². The van der Waals surface area contributed by atoms with Crippen LogP contribution in [0.2, 0.25) is 0 Å². The lowest BCUT2D eigenvalue weighted by atomic mass is 10.2. The van der Waals surface area contributed by atoms with E-state index in [0.717, 1.165) is 6.20 Å². The summed E-state index contributed by atoms with van der Waals surface area (Å²) >= 11 is 0.